The zero-order valence-electron chi connectivity index (χ0n) is 18.8. The van der Waals surface area contributed by atoms with Crippen molar-refractivity contribution in [3.8, 4) is 11.1 Å². The molecule has 0 N–H and O–H groups in total. The molecule has 0 aliphatic heterocycles. The molecule has 0 spiro atoms. The molecule has 7 aromatic rings. The molecular formula is C33H23P. The van der Waals surface area contributed by atoms with Gasteiger partial charge in [0.25, 0.3) is 0 Å². The van der Waals surface area contributed by atoms with Gasteiger partial charge in [-0.05, 0) is 90.4 Å². The summed E-state index contributed by atoms with van der Waals surface area (Å²) in [6, 6.07) is 44.9. The zero-order valence-corrected chi connectivity index (χ0v) is 19.8. The highest BCUT2D eigenvalue weighted by Gasteiger charge is 2.08. The molecule has 0 bridgehead atoms. The minimum absolute atomic E-state index is 0.739. The van der Waals surface area contributed by atoms with E-state index in [1.807, 2.05) is 0 Å². The van der Waals surface area contributed by atoms with E-state index in [1.54, 1.807) is 0 Å². The van der Waals surface area contributed by atoms with Crippen LogP contribution in [-0.2, 0) is 6.42 Å². The summed E-state index contributed by atoms with van der Waals surface area (Å²) in [6.07, 6.45) is 0.944. The Bertz CT molecular complexity index is 1840. The van der Waals surface area contributed by atoms with Crippen LogP contribution in [0.5, 0.6) is 0 Å². The molecule has 0 nitrogen and oxygen atoms in total. The summed E-state index contributed by atoms with van der Waals surface area (Å²) in [4.78, 5) is 0. The number of hydrogen-bond donors (Lipinski definition) is 0. The average molecular weight is 451 g/mol. The van der Waals surface area contributed by atoms with Crippen LogP contribution in [-0.4, -0.2) is 0 Å². The summed E-state index contributed by atoms with van der Waals surface area (Å²) in [5.41, 5.74) is 5.29. The molecule has 0 saturated heterocycles. The van der Waals surface area contributed by atoms with Gasteiger partial charge in [-0.15, -0.1) is 8.19 Å². The second-order valence-electron chi connectivity index (χ2n) is 9.19. The lowest BCUT2D eigenvalue weighted by molar-refractivity contribution is 1.20. The summed E-state index contributed by atoms with van der Waals surface area (Å²) >= 11 is 0. The van der Waals surface area contributed by atoms with Gasteiger partial charge in [-0.1, -0.05) is 97.1 Å². The summed E-state index contributed by atoms with van der Waals surface area (Å²) in [7, 11) is 0.739. The molecule has 0 aliphatic carbocycles. The van der Waals surface area contributed by atoms with Gasteiger partial charge in [0, 0.05) is 5.12 Å². The van der Waals surface area contributed by atoms with Crippen LogP contribution in [0.2, 0.25) is 0 Å². The van der Waals surface area contributed by atoms with Crippen molar-refractivity contribution in [1.29, 1.82) is 0 Å². The molecular weight excluding hydrogens is 427 g/mol. The van der Waals surface area contributed by atoms with Gasteiger partial charge in [-0.3, -0.25) is 0 Å². The largest absolute Gasteiger partial charge is 0.123 e. The van der Waals surface area contributed by atoms with Gasteiger partial charge >= 0.3 is 0 Å². The van der Waals surface area contributed by atoms with Gasteiger partial charge in [-0.25, -0.2) is 0 Å². The molecule has 1 atom stereocenters. The fraction of sp³-hybridized carbons (Fsp3) is 0.0303. The van der Waals surface area contributed by atoms with Crippen LogP contribution in [0.25, 0.3) is 53.7 Å². The number of benzene rings is 6. The van der Waals surface area contributed by atoms with Crippen LogP contribution < -0.4 is 0 Å². The standard InChI is InChI=1S/C33H23P/c1-2-8-25-18-23(12-13-24(25)7-1)16-22-6-5-11-26(17-22)29-14-15-32-30(20-29)31-19-27-9-3-4-10-28(27)21-33(31)34-32/h1-15,17-21,34H,16H2. The second kappa shape index (κ2) is 7.87. The Morgan fingerprint density at radius 1 is 0.412 bits per heavy atom. The first-order valence-electron chi connectivity index (χ1n) is 11.8. The summed E-state index contributed by atoms with van der Waals surface area (Å²) in [5.74, 6) is 0. The number of fused-ring (bicyclic) bond motifs is 5. The topological polar surface area (TPSA) is 0 Å². The van der Waals surface area contributed by atoms with Crippen molar-refractivity contribution in [3.05, 3.63) is 132 Å². The van der Waals surface area contributed by atoms with Crippen molar-refractivity contribution in [2.75, 3.05) is 0 Å². The van der Waals surface area contributed by atoms with Crippen LogP contribution in [0.4, 0.5) is 0 Å². The van der Waals surface area contributed by atoms with E-state index < -0.39 is 0 Å². The normalized spacial score (nSPS) is 11.9. The van der Waals surface area contributed by atoms with Crippen molar-refractivity contribution in [2.45, 2.75) is 6.42 Å². The molecule has 0 fully saturated rings. The summed E-state index contributed by atoms with van der Waals surface area (Å²) < 4.78 is 0. The lowest BCUT2D eigenvalue weighted by Gasteiger charge is -2.08. The van der Waals surface area contributed by atoms with Crippen molar-refractivity contribution in [3.63, 3.8) is 0 Å². The van der Waals surface area contributed by atoms with Crippen LogP contribution in [0.3, 0.4) is 0 Å². The molecule has 1 heteroatoms. The zero-order chi connectivity index (χ0) is 22.5. The van der Waals surface area contributed by atoms with E-state index in [-0.39, 0.29) is 0 Å². The lowest BCUT2D eigenvalue weighted by atomic mass is 9.97. The average Bonchev–Trinajstić information content (AvgIpc) is 3.24. The van der Waals surface area contributed by atoms with E-state index in [9.17, 15) is 0 Å². The molecule has 1 heterocycles. The van der Waals surface area contributed by atoms with E-state index >= 15 is 0 Å². The fourth-order valence-corrected chi connectivity index (χ4v) is 6.58. The Labute approximate surface area is 200 Å². The number of hydrogen-bond acceptors (Lipinski definition) is 0. The van der Waals surface area contributed by atoms with Crippen molar-refractivity contribution >= 4 is 50.7 Å². The highest BCUT2D eigenvalue weighted by atomic mass is 31.0. The van der Waals surface area contributed by atoms with E-state index in [0.717, 1.165) is 14.6 Å². The SMILES string of the molecule is c1cc(Cc2ccc3ccccc3c2)cc(-c2ccc3[pH]c4cc5ccccc5cc4c3c2)c1. The molecule has 1 unspecified atom stereocenters. The van der Waals surface area contributed by atoms with Gasteiger partial charge in [0.15, 0.2) is 0 Å². The van der Waals surface area contributed by atoms with Gasteiger partial charge in [0.2, 0.25) is 0 Å². The third-order valence-electron chi connectivity index (χ3n) is 6.95. The molecule has 6 aromatic carbocycles. The first kappa shape index (κ1) is 19.6. The predicted octanol–water partition coefficient (Wildman–Crippen LogP) is 9.59. The van der Waals surface area contributed by atoms with E-state index in [4.69, 9.17) is 0 Å². The van der Waals surface area contributed by atoms with E-state index in [0.29, 0.717) is 0 Å². The maximum Gasteiger partial charge on any atom is 0.0000349 e. The Morgan fingerprint density at radius 3 is 1.94 bits per heavy atom. The van der Waals surface area contributed by atoms with E-state index in [2.05, 4.69) is 121 Å². The first-order chi connectivity index (χ1) is 16.8. The fourth-order valence-electron chi connectivity index (χ4n) is 5.21. The van der Waals surface area contributed by atoms with Gasteiger partial charge in [0.05, 0.1) is 0 Å². The third-order valence-corrected chi connectivity index (χ3v) is 8.34. The summed E-state index contributed by atoms with van der Waals surface area (Å²) in [5, 5.41) is 11.0. The smallest absolute Gasteiger partial charge is 0.0000349 e. The molecule has 1 aromatic heterocycles. The van der Waals surface area contributed by atoms with Crippen molar-refractivity contribution < 1.29 is 0 Å². The molecule has 34 heavy (non-hydrogen) atoms. The van der Waals surface area contributed by atoms with E-state index in [1.165, 1.54) is 64.8 Å². The van der Waals surface area contributed by atoms with Crippen LogP contribution >= 0.6 is 8.19 Å². The Balaban J connectivity index is 1.28. The molecule has 0 saturated carbocycles. The molecule has 160 valence electrons. The molecule has 7 rings (SSSR count). The maximum atomic E-state index is 2.40. The Morgan fingerprint density at radius 2 is 1.09 bits per heavy atom. The quantitative estimate of drug-likeness (QED) is 0.251. The van der Waals surface area contributed by atoms with Crippen molar-refractivity contribution in [2.24, 2.45) is 0 Å². The Hall–Kier alpha value is -3.86. The Kier molecular flexibility index (Phi) is 4.54. The monoisotopic (exact) mass is 450 g/mol. The molecule has 0 aliphatic rings. The predicted molar refractivity (Wildman–Crippen MR) is 151 cm³/mol. The van der Waals surface area contributed by atoms with Gasteiger partial charge < -0.3 is 0 Å². The third kappa shape index (κ3) is 3.39. The van der Waals surface area contributed by atoms with Crippen LogP contribution in [0.15, 0.2) is 121 Å². The summed E-state index contributed by atoms with van der Waals surface area (Å²) in [6.45, 7) is 0. The first-order valence-corrected chi connectivity index (χ1v) is 12.8. The van der Waals surface area contributed by atoms with Crippen molar-refractivity contribution in [1.82, 2.24) is 0 Å². The highest BCUT2D eigenvalue weighted by molar-refractivity contribution is 7.44. The minimum Gasteiger partial charge on any atom is -0.123 e. The van der Waals surface area contributed by atoms with Gasteiger partial charge in [0.1, 0.15) is 0 Å². The highest BCUT2D eigenvalue weighted by Crippen LogP contribution is 2.41. The van der Waals surface area contributed by atoms with Crippen LogP contribution in [0.1, 0.15) is 11.1 Å². The minimum atomic E-state index is 0.739. The maximum absolute atomic E-state index is 2.40. The molecule has 0 amide bonds. The van der Waals surface area contributed by atoms with Gasteiger partial charge in [-0.2, -0.15) is 0 Å². The second-order valence-corrected chi connectivity index (χ2v) is 10.5. The molecule has 0 radical (unpaired) electrons. The number of rotatable bonds is 3. The lowest BCUT2D eigenvalue weighted by Crippen LogP contribution is -1.89. The van der Waals surface area contributed by atoms with Crippen LogP contribution in [0, 0.1) is 0 Å².